The van der Waals surface area contributed by atoms with Crippen molar-refractivity contribution >= 4 is 28.4 Å². The maximum atomic E-state index is 15.0. The first-order valence-corrected chi connectivity index (χ1v) is 8.96. The number of hydrogen-bond donors (Lipinski definition) is 0. The van der Waals surface area contributed by atoms with Crippen molar-refractivity contribution in [3.05, 3.63) is 82.4 Å². The minimum Gasteiger partial charge on any atom is -0.477 e. The summed E-state index contributed by atoms with van der Waals surface area (Å²) in [5.74, 6) is -24.5. The molecule has 4 rings (SSSR count). The molecule has 0 saturated carbocycles. The van der Waals surface area contributed by atoms with Gasteiger partial charge in [0.05, 0.1) is 5.69 Å². The van der Waals surface area contributed by atoms with Gasteiger partial charge in [-0.05, 0) is 6.07 Å². The fourth-order valence-corrected chi connectivity index (χ4v) is 4.93. The Morgan fingerprint density at radius 2 is 0.812 bits per heavy atom. The molecule has 0 N–H and O–H groups in total. The van der Waals surface area contributed by atoms with Crippen LogP contribution in [-0.2, 0) is 0 Å². The second-order valence-corrected chi connectivity index (χ2v) is 7.89. The number of hydrogen-bond acceptors (Lipinski definition) is 0. The topological polar surface area (TPSA) is 0 Å². The third-order valence-electron chi connectivity index (χ3n) is 6.30. The SMILES string of the molecule is C[N+]1(C)c2ccccc2[B-]1(c1c(F)c(F)c(F)c(F)c1F)c1c(F)c(F)c(F)c(F)c1F. The summed E-state index contributed by atoms with van der Waals surface area (Å²) in [4.78, 5) is 0. The Morgan fingerprint density at radius 3 is 1.19 bits per heavy atom. The van der Waals surface area contributed by atoms with Crippen molar-refractivity contribution in [3.63, 3.8) is 0 Å². The van der Waals surface area contributed by atoms with Crippen molar-refractivity contribution in [2.24, 2.45) is 0 Å². The molecule has 0 saturated heterocycles. The molecule has 0 radical (unpaired) electrons. The van der Waals surface area contributed by atoms with Crippen LogP contribution in [0.1, 0.15) is 0 Å². The van der Waals surface area contributed by atoms with Gasteiger partial charge in [0, 0.05) is 14.1 Å². The van der Waals surface area contributed by atoms with E-state index in [1.807, 2.05) is 0 Å². The maximum absolute atomic E-state index is 15.0. The number of rotatable bonds is 2. The van der Waals surface area contributed by atoms with Crippen LogP contribution in [0.25, 0.3) is 0 Å². The van der Waals surface area contributed by atoms with Crippen LogP contribution in [0, 0.1) is 58.2 Å². The summed E-state index contributed by atoms with van der Waals surface area (Å²) in [5.41, 5.74) is -3.61. The molecular formula is C20H10BF10N. The van der Waals surface area contributed by atoms with Crippen molar-refractivity contribution in [3.8, 4) is 0 Å². The Morgan fingerprint density at radius 1 is 0.500 bits per heavy atom. The zero-order valence-corrected chi connectivity index (χ0v) is 16.1. The van der Waals surface area contributed by atoms with Crippen LogP contribution in [0.4, 0.5) is 49.6 Å². The Hall–Kier alpha value is -3.02. The van der Waals surface area contributed by atoms with Gasteiger partial charge in [0.15, 0.2) is 34.9 Å². The minimum absolute atomic E-state index is 0.111. The lowest BCUT2D eigenvalue weighted by Gasteiger charge is -2.65. The molecule has 0 amide bonds. The van der Waals surface area contributed by atoms with Crippen molar-refractivity contribution in [1.82, 2.24) is 4.39 Å². The zero-order valence-electron chi connectivity index (χ0n) is 16.1. The van der Waals surface area contributed by atoms with Gasteiger partial charge in [-0.25, -0.2) is 43.9 Å². The molecule has 3 aromatic rings. The van der Waals surface area contributed by atoms with Crippen molar-refractivity contribution < 1.29 is 43.9 Å². The minimum atomic E-state index is -3.97. The van der Waals surface area contributed by atoms with Crippen LogP contribution < -0.4 is 20.8 Å². The lowest BCUT2D eigenvalue weighted by molar-refractivity contribution is 0.379. The quantitative estimate of drug-likeness (QED) is 0.235. The number of para-hydroxylation sites is 1. The maximum Gasteiger partial charge on any atom is 0.312 e. The van der Waals surface area contributed by atoms with Crippen LogP contribution in [0.3, 0.4) is 0 Å². The van der Waals surface area contributed by atoms with Gasteiger partial charge in [0.2, 0.25) is 0 Å². The van der Waals surface area contributed by atoms with E-state index in [1.165, 1.54) is 18.2 Å². The fraction of sp³-hybridized carbons (Fsp3) is 0.100. The first kappa shape index (κ1) is 22.2. The third kappa shape index (κ3) is 2.30. The van der Waals surface area contributed by atoms with Crippen LogP contribution in [0.5, 0.6) is 0 Å². The largest absolute Gasteiger partial charge is 0.477 e. The summed E-state index contributed by atoms with van der Waals surface area (Å²) in [6.07, 6.45) is -3.97. The van der Waals surface area contributed by atoms with Crippen molar-refractivity contribution in [2.75, 3.05) is 14.1 Å². The van der Waals surface area contributed by atoms with Gasteiger partial charge >= 0.3 is 6.28 Å². The molecule has 1 aliphatic rings. The summed E-state index contributed by atoms with van der Waals surface area (Å²) in [6, 6.07) is 5.03. The molecule has 0 unspecified atom stereocenters. The Labute approximate surface area is 174 Å². The zero-order chi connectivity index (χ0) is 23.9. The Kier molecular flexibility index (Phi) is 4.67. The van der Waals surface area contributed by atoms with Crippen LogP contribution >= 0.6 is 0 Å². The van der Waals surface area contributed by atoms with Gasteiger partial charge in [0.25, 0.3) is 0 Å². The van der Waals surface area contributed by atoms with E-state index in [9.17, 15) is 43.9 Å². The van der Waals surface area contributed by atoms with E-state index in [1.54, 1.807) is 0 Å². The molecule has 1 heterocycles. The predicted octanol–water partition coefficient (Wildman–Crippen LogP) is 3.63. The summed E-state index contributed by atoms with van der Waals surface area (Å²) in [7, 11) is 2.19. The number of benzene rings is 3. The Balaban J connectivity index is 2.33. The first-order valence-electron chi connectivity index (χ1n) is 8.96. The van der Waals surface area contributed by atoms with Crippen molar-refractivity contribution in [1.29, 1.82) is 0 Å². The molecule has 0 atom stereocenters. The van der Waals surface area contributed by atoms with Gasteiger partial charge < -0.3 is 4.39 Å². The molecule has 32 heavy (non-hydrogen) atoms. The van der Waals surface area contributed by atoms with E-state index in [0.717, 1.165) is 20.2 Å². The highest BCUT2D eigenvalue weighted by atomic mass is 19.2. The summed E-state index contributed by atoms with van der Waals surface area (Å²) in [5, 5.41) is 0. The number of quaternary nitrogens is 1. The van der Waals surface area contributed by atoms with E-state index in [-0.39, 0.29) is 11.2 Å². The molecule has 0 fully saturated rings. The third-order valence-corrected chi connectivity index (χ3v) is 6.30. The van der Waals surface area contributed by atoms with E-state index < -0.39 is 79.8 Å². The lowest BCUT2D eigenvalue weighted by atomic mass is 9.17. The monoisotopic (exact) mass is 465 g/mol. The summed E-state index contributed by atoms with van der Waals surface area (Å²) < 4.78 is 143. The van der Waals surface area contributed by atoms with E-state index in [0.29, 0.717) is 0 Å². The van der Waals surface area contributed by atoms with Crippen molar-refractivity contribution in [2.45, 2.75) is 0 Å². The number of fused-ring (bicyclic) bond motifs is 1. The van der Waals surface area contributed by atoms with Crippen LogP contribution in [0.15, 0.2) is 24.3 Å². The van der Waals surface area contributed by atoms with Gasteiger partial charge in [-0.1, -0.05) is 34.6 Å². The molecular weight excluding hydrogens is 455 g/mol. The highest BCUT2D eigenvalue weighted by Gasteiger charge is 2.63. The average Bonchev–Trinajstić information content (AvgIpc) is 2.77. The molecule has 12 heteroatoms. The second kappa shape index (κ2) is 6.74. The number of halogens is 10. The summed E-state index contributed by atoms with van der Waals surface area (Å²) in [6.45, 7) is 0. The van der Waals surface area contributed by atoms with Gasteiger partial charge in [0.1, 0.15) is 23.3 Å². The highest BCUT2D eigenvalue weighted by Crippen LogP contribution is 2.39. The van der Waals surface area contributed by atoms with Gasteiger partial charge in [-0.3, -0.25) is 0 Å². The predicted molar refractivity (Wildman–Crippen MR) is 97.2 cm³/mol. The molecule has 0 spiro atoms. The first-order chi connectivity index (χ1) is 14.8. The normalized spacial score (nSPS) is 16.0. The Bertz CT molecular complexity index is 1190. The highest BCUT2D eigenvalue weighted by molar-refractivity contribution is 7.15. The van der Waals surface area contributed by atoms with Gasteiger partial charge in [-0.2, -0.15) is 0 Å². The molecule has 1 aliphatic heterocycles. The van der Waals surface area contributed by atoms with Crippen LogP contribution in [-0.4, -0.2) is 20.4 Å². The molecule has 168 valence electrons. The van der Waals surface area contributed by atoms with Gasteiger partial charge in [-0.15, -0.1) is 0 Å². The lowest BCUT2D eigenvalue weighted by Crippen LogP contribution is -2.93. The molecule has 0 bridgehead atoms. The second-order valence-electron chi connectivity index (χ2n) is 7.89. The molecule has 1 nitrogen and oxygen atoms in total. The average molecular weight is 465 g/mol. The number of nitrogens with zero attached hydrogens (tertiary/aromatic N) is 1. The van der Waals surface area contributed by atoms with E-state index in [4.69, 9.17) is 0 Å². The fourth-order valence-electron chi connectivity index (χ4n) is 4.93. The summed E-state index contributed by atoms with van der Waals surface area (Å²) >= 11 is 0. The van der Waals surface area contributed by atoms with Crippen LogP contribution in [0.2, 0.25) is 0 Å². The van der Waals surface area contributed by atoms with E-state index >= 15 is 0 Å². The van der Waals surface area contributed by atoms with E-state index in [2.05, 4.69) is 0 Å². The molecule has 3 aromatic carbocycles. The molecule has 0 aliphatic carbocycles. The smallest absolute Gasteiger partial charge is 0.312 e. The molecule has 0 aromatic heterocycles. The standard InChI is InChI=1S/C20H10BF10N/c1-32(2)8-6-4-3-5-7(8)21(32,9-11(22)15(26)19(30)16(27)12(9)23)10-13(24)17(28)20(31)18(29)14(10)25/h3-6H,1-2H3.